The van der Waals surface area contributed by atoms with Crippen LogP contribution in [0.25, 0.3) is 0 Å². The first kappa shape index (κ1) is 26.2. The third-order valence-corrected chi connectivity index (χ3v) is 10.9. The summed E-state index contributed by atoms with van der Waals surface area (Å²) in [4.78, 5) is 29.7. The van der Waals surface area contributed by atoms with Crippen LogP contribution in [0.5, 0.6) is 0 Å². The molecule has 3 aliphatic heterocycles. The molecule has 0 radical (unpaired) electrons. The van der Waals surface area contributed by atoms with Gasteiger partial charge in [0.1, 0.15) is 5.60 Å². The number of urea groups is 1. The highest BCUT2D eigenvalue weighted by Crippen LogP contribution is 2.50. The summed E-state index contributed by atoms with van der Waals surface area (Å²) in [5.74, 6) is 0.240. The number of ether oxygens (including phenoxy) is 2. The minimum absolute atomic E-state index is 0.0398. The number of rotatable bonds is 6. The summed E-state index contributed by atoms with van der Waals surface area (Å²) in [5.41, 5.74) is -0.917. The van der Waals surface area contributed by atoms with Gasteiger partial charge in [0.15, 0.2) is 0 Å². The third-order valence-electron chi connectivity index (χ3n) is 8.70. The first-order valence-corrected chi connectivity index (χ1v) is 15.5. The van der Waals surface area contributed by atoms with Gasteiger partial charge < -0.3 is 24.6 Å². The van der Waals surface area contributed by atoms with Crippen molar-refractivity contribution in [1.82, 2.24) is 19.4 Å². The number of carbonyl (C=O) groups excluding carboxylic acids is 2. The van der Waals surface area contributed by atoms with Crippen LogP contribution in [-0.2, 0) is 19.5 Å². The Morgan fingerprint density at radius 2 is 1.74 bits per heavy atom. The van der Waals surface area contributed by atoms with Gasteiger partial charge in [0, 0.05) is 24.7 Å². The van der Waals surface area contributed by atoms with E-state index in [-0.39, 0.29) is 41.6 Å². The number of amides is 3. The topological polar surface area (TPSA) is 108 Å². The highest BCUT2D eigenvalue weighted by molar-refractivity contribution is 7.89. The van der Waals surface area contributed by atoms with E-state index in [2.05, 4.69) is 5.32 Å². The van der Waals surface area contributed by atoms with Crippen molar-refractivity contribution in [1.29, 1.82) is 0 Å². The molecule has 2 bridgehead atoms. The second-order valence-electron chi connectivity index (χ2n) is 11.2. The van der Waals surface area contributed by atoms with Gasteiger partial charge in [-0.3, -0.25) is 0 Å². The molecular formula is C26H35ClN4O6S. The van der Waals surface area contributed by atoms with Gasteiger partial charge in [-0.1, -0.05) is 11.6 Å². The third kappa shape index (κ3) is 4.65. The van der Waals surface area contributed by atoms with E-state index in [4.69, 9.17) is 21.1 Å². The first-order valence-electron chi connectivity index (χ1n) is 13.6. The fourth-order valence-corrected chi connectivity index (χ4v) is 8.48. The van der Waals surface area contributed by atoms with Crippen LogP contribution in [0.3, 0.4) is 0 Å². The monoisotopic (exact) mass is 566 g/mol. The average molecular weight is 567 g/mol. The van der Waals surface area contributed by atoms with Crippen LogP contribution in [0.2, 0.25) is 5.02 Å². The van der Waals surface area contributed by atoms with Crippen LogP contribution in [-0.4, -0.2) is 97.3 Å². The van der Waals surface area contributed by atoms with Crippen LogP contribution < -0.4 is 5.32 Å². The SMILES string of the molecule is CCNC(=O)N1C2CCC1CN(C(=O)OC1([C@H]3COC[C@@H](C4CC4)N3S(=O)(=O)c3ccc(Cl)cc3)CC1)C2. The standard InChI is InChI=1S/C26H35ClN4O6S/c1-2-28-24(32)30-19-7-8-20(30)14-29(13-19)25(33)37-26(11-12-26)23-16-36-15-22(17-3-4-17)31(23)38(34,35)21-9-5-18(27)6-10-21/h5-6,9-10,17,19-20,22-23H,2-4,7-8,11-16H2,1H3,(H,28,32)/t19?,20?,22-,23+/m0/s1. The number of sulfonamides is 1. The molecule has 2 saturated carbocycles. The van der Waals surface area contributed by atoms with E-state index in [1.807, 2.05) is 11.8 Å². The molecule has 4 atom stereocenters. The van der Waals surface area contributed by atoms with E-state index in [9.17, 15) is 18.0 Å². The summed E-state index contributed by atoms with van der Waals surface area (Å²) in [6, 6.07) is 5.18. The molecule has 3 saturated heterocycles. The molecule has 2 aliphatic carbocycles. The van der Waals surface area contributed by atoms with Crippen molar-refractivity contribution in [3.63, 3.8) is 0 Å². The van der Waals surface area contributed by atoms with Gasteiger partial charge in [0.05, 0.1) is 42.3 Å². The maximum absolute atomic E-state index is 14.0. The zero-order valence-corrected chi connectivity index (χ0v) is 23.1. The number of halogens is 1. The second-order valence-corrected chi connectivity index (χ2v) is 13.5. The lowest BCUT2D eigenvalue weighted by atomic mass is 10.0. The maximum atomic E-state index is 14.0. The van der Waals surface area contributed by atoms with Gasteiger partial charge in [-0.25, -0.2) is 18.0 Å². The van der Waals surface area contributed by atoms with Crippen molar-refractivity contribution in [2.45, 2.75) is 80.1 Å². The van der Waals surface area contributed by atoms with Crippen LogP contribution >= 0.6 is 11.6 Å². The van der Waals surface area contributed by atoms with Crippen molar-refractivity contribution in [2.24, 2.45) is 5.92 Å². The Kier molecular flexibility index (Phi) is 6.77. The number of fused-ring (bicyclic) bond motifs is 2. The molecule has 0 aromatic heterocycles. The Balaban J connectivity index is 1.22. The lowest BCUT2D eigenvalue weighted by Gasteiger charge is -2.45. The quantitative estimate of drug-likeness (QED) is 0.567. The molecule has 5 fully saturated rings. The summed E-state index contributed by atoms with van der Waals surface area (Å²) in [7, 11) is -3.88. The number of nitrogens with one attached hydrogen (secondary N) is 1. The van der Waals surface area contributed by atoms with Crippen molar-refractivity contribution in [2.75, 3.05) is 32.8 Å². The van der Waals surface area contributed by atoms with Gasteiger partial charge in [-0.2, -0.15) is 4.31 Å². The van der Waals surface area contributed by atoms with E-state index in [1.54, 1.807) is 21.3 Å². The Labute approximate surface area is 228 Å². The van der Waals surface area contributed by atoms with Crippen LogP contribution in [0.15, 0.2) is 29.2 Å². The fourth-order valence-electron chi connectivity index (χ4n) is 6.45. The molecule has 1 aromatic rings. The van der Waals surface area contributed by atoms with Crippen LogP contribution in [0.4, 0.5) is 9.59 Å². The normalized spacial score (nSPS) is 30.7. The zero-order chi connectivity index (χ0) is 26.7. The summed E-state index contributed by atoms with van der Waals surface area (Å²) in [6.45, 7) is 3.80. The Morgan fingerprint density at radius 3 is 2.32 bits per heavy atom. The highest BCUT2D eigenvalue weighted by Gasteiger charge is 2.62. The number of nitrogens with zero attached hydrogens (tertiary/aromatic N) is 3. The maximum Gasteiger partial charge on any atom is 0.410 e. The number of carbonyl (C=O) groups is 2. The summed E-state index contributed by atoms with van der Waals surface area (Å²) in [6.07, 6.45) is 4.35. The van der Waals surface area contributed by atoms with E-state index in [0.29, 0.717) is 44.1 Å². The predicted molar refractivity (Wildman–Crippen MR) is 139 cm³/mol. The van der Waals surface area contributed by atoms with Crippen LogP contribution in [0, 0.1) is 5.92 Å². The van der Waals surface area contributed by atoms with E-state index in [0.717, 1.165) is 25.7 Å². The molecule has 5 aliphatic rings. The zero-order valence-electron chi connectivity index (χ0n) is 21.6. The van der Waals surface area contributed by atoms with Crippen molar-refractivity contribution in [3.05, 3.63) is 29.3 Å². The molecule has 0 spiro atoms. The smallest absolute Gasteiger partial charge is 0.410 e. The van der Waals surface area contributed by atoms with Crippen LogP contribution in [0.1, 0.15) is 45.4 Å². The molecule has 12 heteroatoms. The lowest BCUT2D eigenvalue weighted by molar-refractivity contribution is -0.0774. The number of hydrogen-bond donors (Lipinski definition) is 1. The van der Waals surface area contributed by atoms with Gasteiger partial charge in [-0.15, -0.1) is 0 Å². The molecule has 1 N–H and O–H groups in total. The summed E-state index contributed by atoms with van der Waals surface area (Å²) >= 11 is 6.03. The molecule has 3 heterocycles. The van der Waals surface area contributed by atoms with Gasteiger partial charge in [0.2, 0.25) is 10.0 Å². The number of likely N-dealkylation sites (tertiary alicyclic amines) is 1. The molecule has 10 nitrogen and oxygen atoms in total. The molecule has 6 rings (SSSR count). The van der Waals surface area contributed by atoms with E-state index in [1.165, 1.54) is 12.1 Å². The van der Waals surface area contributed by atoms with E-state index < -0.39 is 27.8 Å². The van der Waals surface area contributed by atoms with Gasteiger partial charge in [0.25, 0.3) is 0 Å². The summed E-state index contributed by atoms with van der Waals surface area (Å²) < 4.78 is 41.7. The fraction of sp³-hybridized carbons (Fsp3) is 0.692. The minimum Gasteiger partial charge on any atom is -0.441 e. The van der Waals surface area contributed by atoms with Crippen molar-refractivity contribution in [3.8, 4) is 0 Å². The molecule has 3 amide bonds. The molecule has 1 aromatic carbocycles. The summed E-state index contributed by atoms with van der Waals surface area (Å²) in [5, 5.41) is 3.34. The number of benzene rings is 1. The highest BCUT2D eigenvalue weighted by atomic mass is 35.5. The number of piperazine rings is 1. The largest absolute Gasteiger partial charge is 0.441 e. The van der Waals surface area contributed by atoms with Gasteiger partial charge in [-0.05, 0) is 75.6 Å². The number of hydrogen-bond acceptors (Lipinski definition) is 6. The Hall–Kier alpha value is -2.08. The first-order chi connectivity index (χ1) is 18.2. The molecule has 38 heavy (non-hydrogen) atoms. The Bertz CT molecular complexity index is 1170. The lowest BCUT2D eigenvalue weighted by Crippen LogP contribution is -2.63. The minimum atomic E-state index is -3.88. The Morgan fingerprint density at radius 1 is 1.08 bits per heavy atom. The molecule has 2 unspecified atom stereocenters. The predicted octanol–water partition coefficient (Wildman–Crippen LogP) is 3.06. The molecular weight excluding hydrogens is 532 g/mol. The van der Waals surface area contributed by atoms with E-state index >= 15 is 0 Å². The average Bonchev–Trinajstić information content (AvgIpc) is 3.82. The number of morpholine rings is 1. The second kappa shape index (κ2) is 9.83. The van der Waals surface area contributed by atoms with Gasteiger partial charge >= 0.3 is 12.1 Å². The molecule has 208 valence electrons. The van der Waals surface area contributed by atoms with Crippen molar-refractivity contribution >= 4 is 33.7 Å². The van der Waals surface area contributed by atoms with Crippen molar-refractivity contribution < 1.29 is 27.5 Å².